The lowest BCUT2D eigenvalue weighted by Gasteiger charge is -2.28. The van der Waals surface area contributed by atoms with E-state index in [1.807, 2.05) is 20.8 Å². The second-order valence-electron chi connectivity index (χ2n) is 6.83. The molecule has 0 radical (unpaired) electrons. The number of amides is 1. The quantitative estimate of drug-likeness (QED) is 0.795. The molecule has 1 heterocycles. The van der Waals surface area contributed by atoms with Gasteiger partial charge in [-0.05, 0) is 45.7 Å². The third kappa shape index (κ3) is 4.71. The van der Waals surface area contributed by atoms with Gasteiger partial charge in [0.05, 0.1) is 7.11 Å². The highest BCUT2D eigenvalue weighted by molar-refractivity contribution is 5.97. The van der Waals surface area contributed by atoms with Gasteiger partial charge in [-0.25, -0.2) is 4.79 Å². The zero-order valence-electron chi connectivity index (χ0n) is 14.3. The van der Waals surface area contributed by atoms with Crippen LogP contribution in [0, 0.1) is 0 Å². The molecule has 1 aromatic carbocycles. The van der Waals surface area contributed by atoms with Crippen LogP contribution in [0.3, 0.4) is 0 Å². The van der Waals surface area contributed by atoms with Gasteiger partial charge < -0.3 is 14.4 Å². The summed E-state index contributed by atoms with van der Waals surface area (Å²) in [7, 11) is 1.57. The Morgan fingerprint density at radius 2 is 2.04 bits per heavy atom. The van der Waals surface area contributed by atoms with Gasteiger partial charge in [0.1, 0.15) is 11.4 Å². The molecule has 1 aliphatic rings. The SMILES string of the molecule is COc1cccc(C(=O)CC2CCCN2C(=O)OC(C)(C)C)c1. The zero-order valence-corrected chi connectivity index (χ0v) is 14.3. The van der Waals surface area contributed by atoms with Crippen LogP contribution in [-0.2, 0) is 4.74 Å². The molecule has 126 valence electrons. The molecule has 0 saturated carbocycles. The Labute approximate surface area is 137 Å². The van der Waals surface area contributed by atoms with E-state index in [2.05, 4.69) is 0 Å². The molecule has 0 N–H and O–H groups in total. The first kappa shape index (κ1) is 17.3. The number of methoxy groups -OCH3 is 1. The number of carbonyl (C=O) groups is 2. The van der Waals surface area contributed by atoms with E-state index >= 15 is 0 Å². The van der Waals surface area contributed by atoms with Gasteiger partial charge in [0.25, 0.3) is 0 Å². The van der Waals surface area contributed by atoms with E-state index < -0.39 is 5.60 Å². The van der Waals surface area contributed by atoms with Crippen LogP contribution in [0.15, 0.2) is 24.3 Å². The summed E-state index contributed by atoms with van der Waals surface area (Å²) in [6.45, 7) is 6.18. The molecule has 0 bridgehead atoms. The largest absolute Gasteiger partial charge is 0.497 e. The van der Waals surface area contributed by atoms with E-state index in [1.54, 1.807) is 36.3 Å². The highest BCUT2D eigenvalue weighted by Crippen LogP contribution is 2.25. The van der Waals surface area contributed by atoms with Crippen LogP contribution in [0.1, 0.15) is 50.4 Å². The Hall–Kier alpha value is -2.04. The van der Waals surface area contributed by atoms with E-state index in [9.17, 15) is 9.59 Å². The highest BCUT2D eigenvalue weighted by atomic mass is 16.6. The van der Waals surface area contributed by atoms with E-state index in [0.29, 0.717) is 24.3 Å². The minimum absolute atomic E-state index is 0.0179. The predicted molar refractivity (Wildman–Crippen MR) is 87.9 cm³/mol. The van der Waals surface area contributed by atoms with Crippen molar-refractivity contribution in [2.75, 3.05) is 13.7 Å². The monoisotopic (exact) mass is 319 g/mol. The summed E-state index contributed by atoms with van der Waals surface area (Å²) < 4.78 is 10.6. The number of benzene rings is 1. The Kier molecular flexibility index (Phi) is 5.29. The van der Waals surface area contributed by atoms with Crippen molar-refractivity contribution in [2.24, 2.45) is 0 Å². The third-order valence-corrected chi connectivity index (χ3v) is 3.82. The smallest absolute Gasteiger partial charge is 0.410 e. The number of nitrogens with zero attached hydrogens (tertiary/aromatic N) is 1. The topological polar surface area (TPSA) is 55.8 Å². The minimum Gasteiger partial charge on any atom is -0.497 e. The molecule has 2 rings (SSSR count). The summed E-state index contributed by atoms with van der Waals surface area (Å²) in [4.78, 5) is 26.4. The van der Waals surface area contributed by atoms with Gasteiger partial charge in [0, 0.05) is 24.6 Å². The lowest BCUT2D eigenvalue weighted by Crippen LogP contribution is -2.40. The number of rotatable bonds is 4. The zero-order chi connectivity index (χ0) is 17.0. The number of hydrogen-bond donors (Lipinski definition) is 0. The molecule has 0 spiro atoms. The molecule has 23 heavy (non-hydrogen) atoms. The van der Waals surface area contributed by atoms with Crippen LogP contribution in [0.4, 0.5) is 4.79 Å². The molecule has 1 fully saturated rings. The van der Waals surface area contributed by atoms with Crippen molar-refractivity contribution in [3.8, 4) is 5.75 Å². The van der Waals surface area contributed by atoms with Crippen molar-refractivity contribution in [1.29, 1.82) is 0 Å². The first-order chi connectivity index (χ1) is 10.8. The fraction of sp³-hybridized carbons (Fsp3) is 0.556. The second-order valence-corrected chi connectivity index (χ2v) is 6.83. The summed E-state index contributed by atoms with van der Waals surface area (Å²) in [5.41, 5.74) is 0.0847. The van der Waals surface area contributed by atoms with Gasteiger partial charge >= 0.3 is 6.09 Å². The molecule has 1 aliphatic heterocycles. The van der Waals surface area contributed by atoms with Gasteiger partial charge in [0.15, 0.2) is 5.78 Å². The van der Waals surface area contributed by atoms with Crippen LogP contribution in [0.5, 0.6) is 5.75 Å². The third-order valence-electron chi connectivity index (χ3n) is 3.82. The Bertz CT molecular complexity index is 577. The van der Waals surface area contributed by atoms with Crippen molar-refractivity contribution in [3.63, 3.8) is 0 Å². The number of likely N-dealkylation sites (tertiary alicyclic amines) is 1. The predicted octanol–water partition coefficient (Wildman–Crippen LogP) is 3.67. The van der Waals surface area contributed by atoms with E-state index in [0.717, 1.165) is 12.8 Å². The lowest BCUT2D eigenvalue weighted by atomic mass is 10.0. The van der Waals surface area contributed by atoms with Crippen LogP contribution in [-0.4, -0.2) is 42.1 Å². The summed E-state index contributed by atoms with van der Waals surface area (Å²) in [6, 6.07) is 7.02. The Morgan fingerprint density at radius 1 is 1.30 bits per heavy atom. The number of Topliss-reactive ketones (excluding diaryl/α,β-unsaturated/α-hetero) is 1. The van der Waals surface area contributed by atoms with Crippen LogP contribution >= 0.6 is 0 Å². The van der Waals surface area contributed by atoms with Gasteiger partial charge in [-0.1, -0.05) is 12.1 Å². The van der Waals surface area contributed by atoms with Gasteiger partial charge in [-0.2, -0.15) is 0 Å². The van der Waals surface area contributed by atoms with Crippen LogP contribution < -0.4 is 4.74 Å². The molecule has 1 aromatic rings. The standard InChI is InChI=1S/C18H25NO4/c1-18(2,3)23-17(21)19-10-6-8-14(19)12-16(20)13-7-5-9-15(11-13)22-4/h5,7,9,11,14H,6,8,10,12H2,1-4H3. The fourth-order valence-electron chi connectivity index (χ4n) is 2.74. The number of carbonyl (C=O) groups excluding carboxylic acids is 2. The molecule has 1 unspecified atom stereocenters. The van der Waals surface area contributed by atoms with Gasteiger partial charge in [-0.15, -0.1) is 0 Å². The maximum absolute atomic E-state index is 12.5. The maximum Gasteiger partial charge on any atom is 0.410 e. The summed E-state index contributed by atoms with van der Waals surface area (Å²) in [5.74, 6) is 0.677. The van der Waals surface area contributed by atoms with Crippen molar-refractivity contribution in [2.45, 2.75) is 51.7 Å². The molecule has 1 saturated heterocycles. The average molecular weight is 319 g/mol. The van der Waals surface area contributed by atoms with Crippen LogP contribution in [0.2, 0.25) is 0 Å². The number of ketones is 1. The second kappa shape index (κ2) is 7.02. The molecular formula is C18H25NO4. The minimum atomic E-state index is -0.527. The maximum atomic E-state index is 12.5. The van der Waals surface area contributed by atoms with E-state index in [-0.39, 0.29) is 17.9 Å². The fourth-order valence-corrected chi connectivity index (χ4v) is 2.74. The number of hydrogen-bond acceptors (Lipinski definition) is 4. The first-order valence-corrected chi connectivity index (χ1v) is 7.97. The van der Waals surface area contributed by atoms with Crippen molar-refractivity contribution in [3.05, 3.63) is 29.8 Å². The Balaban J connectivity index is 2.03. The molecule has 5 heteroatoms. The summed E-state index contributed by atoms with van der Waals surface area (Å²) >= 11 is 0. The molecular weight excluding hydrogens is 294 g/mol. The summed E-state index contributed by atoms with van der Waals surface area (Å²) in [5, 5.41) is 0. The molecule has 1 amide bonds. The van der Waals surface area contributed by atoms with Crippen molar-refractivity contribution < 1.29 is 19.1 Å². The van der Waals surface area contributed by atoms with E-state index in [1.165, 1.54) is 0 Å². The lowest BCUT2D eigenvalue weighted by molar-refractivity contribution is 0.0223. The summed E-state index contributed by atoms with van der Waals surface area (Å²) in [6.07, 6.45) is 1.70. The van der Waals surface area contributed by atoms with Crippen molar-refractivity contribution in [1.82, 2.24) is 4.90 Å². The molecule has 1 atom stereocenters. The first-order valence-electron chi connectivity index (χ1n) is 7.97. The highest BCUT2D eigenvalue weighted by Gasteiger charge is 2.33. The van der Waals surface area contributed by atoms with Gasteiger partial charge in [-0.3, -0.25) is 4.79 Å². The normalized spacial score (nSPS) is 17.9. The van der Waals surface area contributed by atoms with Gasteiger partial charge in [0.2, 0.25) is 0 Å². The molecule has 5 nitrogen and oxygen atoms in total. The Morgan fingerprint density at radius 3 is 2.70 bits per heavy atom. The van der Waals surface area contributed by atoms with Crippen molar-refractivity contribution >= 4 is 11.9 Å². The van der Waals surface area contributed by atoms with E-state index in [4.69, 9.17) is 9.47 Å². The molecule has 0 aromatic heterocycles. The number of ether oxygens (including phenoxy) is 2. The average Bonchev–Trinajstić information content (AvgIpc) is 2.93. The van der Waals surface area contributed by atoms with Crippen LogP contribution in [0.25, 0.3) is 0 Å². The molecule has 0 aliphatic carbocycles.